The molecule has 0 aromatic rings. The standard InChI is InChI=1S/C31H62O4/c1-3-5-7-9-11-12-13-14-15-16-17-18-19-20-22-24-26-33-27-28-34-29-30-35-31(32)25-23-21-10-8-6-4-2/h3-30H2,1-2H3. The molecule has 0 atom stereocenters. The minimum absolute atomic E-state index is 0.0937. The average Bonchev–Trinajstić information content (AvgIpc) is 2.86. The normalized spacial score (nSPS) is 11.3. The van der Waals surface area contributed by atoms with Crippen molar-refractivity contribution in [3.8, 4) is 0 Å². The molecule has 35 heavy (non-hydrogen) atoms. The molecule has 210 valence electrons. The fraction of sp³-hybridized carbons (Fsp3) is 0.968. The summed E-state index contributed by atoms with van der Waals surface area (Å²) >= 11 is 0. The molecule has 0 radical (unpaired) electrons. The first kappa shape index (κ1) is 34.4. The van der Waals surface area contributed by atoms with Crippen molar-refractivity contribution in [2.75, 3.05) is 33.0 Å². The summed E-state index contributed by atoms with van der Waals surface area (Å²) in [5.74, 6) is -0.0937. The number of hydrogen-bond donors (Lipinski definition) is 0. The zero-order chi connectivity index (χ0) is 25.5. The Morgan fingerprint density at radius 3 is 1.20 bits per heavy atom. The molecule has 0 aliphatic carbocycles. The smallest absolute Gasteiger partial charge is 0.305 e. The molecule has 0 unspecified atom stereocenters. The first-order valence-corrected chi connectivity index (χ1v) is 15.6. The molecule has 0 amide bonds. The van der Waals surface area contributed by atoms with E-state index in [2.05, 4.69) is 13.8 Å². The van der Waals surface area contributed by atoms with E-state index in [-0.39, 0.29) is 5.97 Å². The second-order valence-corrected chi connectivity index (χ2v) is 10.3. The Labute approximate surface area is 219 Å². The molecule has 0 bridgehead atoms. The number of unbranched alkanes of at least 4 members (excludes halogenated alkanes) is 20. The number of carbonyl (C=O) groups excluding carboxylic acids is 1. The average molecular weight is 499 g/mol. The van der Waals surface area contributed by atoms with Gasteiger partial charge in [-0.15, -0.1) is 0 Å². The molecule has 0 fully saturated rings. The highest BCUT2D eigenvalue weighted by Gasteiger charge is 2.02. The molecule has 4 heteroatoms. The number of rotatable bonds is 30. The number of hydrogen-bond acceptors (Lipinski definition) is 4. The Morgan fingerprint density at radius 1 is 0.400 bits per heavy atom. The fourth-order valence-corrected chi connectivity index (χ4v) is 4.41. The minimum Gasteiger partial charge on any atom is -0.463 e. The van der Waals surface area contributed by atoms with Crippen LogP contribution in [0.5, 0.6) is 0 Å². The lowest BCUT2D eigenvalue weighted by Gasteiger charge is -2.07. The molecule has 0 aliphatic heterocycles. The monoisotopic (exact) mass is 498 g/mol. The van der Waals surface area contributed by atoms with Crippen LogP contribution in [0.2, 0.25) is 0 Å². The predicted molar refractivity (Wildman–Crippen MR) is 150 cm³/mol. The Hall–Kier alpha value is -0.610. The second-order valence-electron chi connectivity index (χ2n) is 10.3. The molecular formula is C31H62O4. The Morgan fingerprint density at radius 2 is 0.743 bits per heavy atom. The summed E-state index contributed by atoms with van der Waals surface area (Å²) in [4.78, 5) is 11.6. The van der Waals surface area contributed by atoms with Gasteiger partial charge in [0.25, 0.3) is 0 Å². The summed E-state index contributed by atoms with van der Waals surface area (Å²) in [7, 11) is 0. The van der Waals surface area contributed by atoms with E-state index in [1.54, 1.807) is 0 Å². The van der Waals surface area contributed by atoms with E-state index in [1.165, 1.54) is 122 Å². The van der Waals surface area contributed by atoms with Crippen molar-refractivity contribution in [3.05, 3.63) is 0 Å². The first-order chi connectivity index (χ1) is 17.3. The topological polar surface area (TPSA) is 44.8 Å². The van der Waals surface area contributed by atoms with Crippen LogP contribution in [-0.2, 0) is 19.0 Å². The van der Waals surface area contributed by atoms with Gasteiger partial charge < -0.3 is 14.2 Å². The third-order valence-corrected chi connectivity index (χ3v) is 6.74. The number of ether oxygens (including phenoxy) is 3. The van der Waals surface area contributed by atoms with Crippen LogP contribution < -0.4 is 0 Å². The van der Waals surface area contributed by atoms with Gasteiger partial charge >= 0.3 is 5.97 Å². The highest BCUT2D eigenvalue weighted by Crippen LogP contribution is 2.13. The van der Waals surface area contributed by atoms with Crippen molar-refractivity contribution in [1.82, 2.24) is 0 Å². The quantitative estimate of drug-likeness (QED) is 0.0730. The maximum Gasteiger partial charge on any atom is 0.305 e. The molecule has 0 rings (SSSR count). The summed E-state index contributed by atoms with van der Waals surface area (Å²) in [5, 5.41) is 0. The number of esters is 1. The van der Waals surface area contributed by atoms with Crippen molar-refractivity contribution in [2.24, 2.45) is 0 Å². The van der Waals surface area contributed by atoms with E-state index in [0.29, 0.717) is 32.8 Å². The zero-order valence-corrected chi connectivity index (χ0v) is 23.9. The number of carbonyl (C=O) groups is 1. The van der Waals surface area contributed by atoms with Gasteiger partial charge in [-0.3, -0.25) is 4.79 Å². The van der Waals surface area contributed by atoms with Crippen molar-refractivity contribution in [2.45, 2.75) is 162 Å². The fourth-order valence-electron chi connectivity index (χ4n) is 4.41. The van der Waals surface area contributed by atoms with Crippen molar-refractivity contribution in [3.63, 3.8) is 0 Å². The third-order valence-electron chi connectivity index (χ3n) is 6.74. The Bertz CT molecular complexity index is 399. The van der Waals surface area contributed by atoms with Crippen molar-refractivity contribution in [1.29, 1.82) is 0 Å². The largest absolute Gasteiger partial charge is 0.463 e. The summed E-state index contributed by atoms with van der Waals surface area (Å²) in [6, 6.07) is 0. The molecule has 0 spiro atoms. The van der Waals surface area contributed by atoms with Crippen LogP contribution in [0.3, 0.4) is 0 Å². The lowest BCUT2D eigenvalue weighted by molar-refractivity contribution is -0.145. The second kappa shape index (κ2) is 31.4. The van der Waals surface area contributed by atoms with Gasteiger partial charge in [0, 0.05) is 13.0 Å². The summed E-state index contributed by atoms with van der Waals surface area (Å²) in [5.41, 5.74) is 0. The summed E-state index contributed by atoms with van der Waals surface area (Å²) in [6.45, 7) is 7.36. The lowest BCUT2D eigenvalue weighted by Crippen LogP contribution is -2.13. The van der Waals surface area contributed by atoms with Gasteiger partial charge in [-0.05, 0) is 12.8 Å². The molecule has 0 saturated carbocycles. The van der Waals surface area contributed by atoms with Crippen LogP contribution in [0.25, 0.3) is 0 Å². The molecule has 0 N–H and O–H groups in total. The van der Waals surface area contributed by atoms with Crippen molar-refractivity contribution >= 4 is 5.97 Å². The minimum atomic E-state index is -0.0937. The Balaban J connectivity index is 3.09. The van der Waals surface area contributed by atoms with E-state index in [0.717, 1.165) is 25.9 Å². The highest BCUT2D eigenvalue weighted by molar-refractivity contribution is 5.69. The highest BCUT2D eigenvalue weighted by atomic mass is 16.6. The molecule has 0 aromatic heterocycles. The van der Waals surface area contributed by atoms with E-state index in [4.69, 9.17) is 14.2 Å². The van der Waals surface area contributed by atoms with Crippen LogP contribution in [0.15, 0.2) is 0 Å². The molecule has 0 aromatic carbocycles. The molecule has 0 aliphatic rings. The third kappa shape index (κ3) is 31.4. The van der Waals surface area contributed by atoms with Gasteiger partial charge in [0.15, 0.2) is 0 Å². The zero-order valence-electron chi connectivity index (χ0n) is 23.9. The van der Waals surface area contributed by atoms with Gasteiger partial charge in [0.2, 0.25) is 0 Å². The Kier molecular flexibility index (Phi) is 30.9. The van der Waals surface area contributed by atoms with Gasteiger partial charge in [-0.25, -0.2) is 0 Å². The van der Waals surface area contributed by atoms with Gasteiger partial charge in [-0.2, -0.15) is 0 Å². The van der Waals surface area contributed by atoms with E-state index >= 15 is 0 Å². The predicted octanol–water partition coefficient (Wildman–Crippen LogP) is 9.57. The van der Waals surface area contributed by atoms with E-state index in [1.807, 2.05) is 0 Å². The van der Waals surface area contributed by atoms with Crippen LogP contribution in [0.1, 0.15) is 162 Å². The van der Waals surface area contributed by atoms with Gasteiger partial charge in [0.1, 0.15) is 6.61 Å². The van der Waals surface area contributed by atoms with Crippen LogP contribution in [0, 0.1) is 0 Å². The maximum absolute atomic E-state index is 11.6. The molecule has 0 saturated heterocycles. The lowest BCUT2D eigenvalue weighted by atomic mass is 10.0. The van der Waals surface area contributed by atoms with Gasteiger partial charge in [-0.1, -0.05) is 142 Å². The molecule has 4 nitrogen and oxygen atoms in total. The SMILES string of the molecule is CCCCCCCCCCCCCCCCCCOCCOCCOC(=O)CCCCCCCC. The van der Waals surface area contributed by atoms with E-state index < -0.39 is 0 Å². The van der Waals surface area contributed by atoms with Crippen LogP contribution in [0.4, 0.5) is 0 Å². The maximum atomic E-state index is 11.6. The van der Waals surface area contributed by atoms with Crippen molar-refractivity contribution < 1.29 is 19.0 Å². The van der Waals surface area contributed by atoms with Gasteiger partial charge in [0.05, 0.1) is 19.8 Å². The van der Waals surface area contributed by atoms with E-state index in [9.17, 15) is 4.79 Å². The summed E-state index contributed by atoms with van der Waals surface area (Å²) < 4.78 is 16.3. The van der Waals surface area contributed by atoms with Crippen LogP contribution >= 0.6 is 0 Å². The molecule has 0 heterocycles. The first-order valence-electron chi connectivity index (χ1n) is 15.6. The summed E-state index contributed by atoms with van der Waals surface area (Å²) in [6.07, 6.45) is 29.9. The molecular weight excluding hydrogens is 436 g/mol. The van der Waals surface area contributed by atoms with Crippen LogP contribution in [-0.4, -0.2) is 39.0 Å².